The number of hydrogen-bond donors (Lipinski definition) is 3. The maximum atomic E-state index is 12.4. The van der Waals surface area contributed by atoms with Crippen molar-refractivity contribution in [2.45, 2.75) is 374 Å². The van der Waals surface area contributed by atoms with Crippen LogP contribution in [0, 0.1) is 108 Å². The minimum absolute atomic E-state index is 0.0255. The predicted octanol–water partition coefficient (Wildman–Crippen LogP) is 12.5. The number of aliphatic hydroxyl groups is 3. The minimum atomic E-state index is -3.43. The van der Waals surface area contributed by atoms with Crippen LogP contribution in [0.25, 0.3) is 0 Å². The SMILES string of the molecule is CCC(C)(C)C(=O)OC12CC3CC(CC(O)(C3)C1)C2.CCC(C)(C)C(=O)OC12CC3CC(O)(CC(O)(C3)C1)C2.CCC(C)(C)C(=O)OC1C2CC3C(=O)OC1C3C2.CCC(C)(C)C(=O)OC1C2CC3C1OC(=O)C3(C#N)C2.CCC(C)(C)C(=O)OC1C2CC3C1OS(=O)(=O)C3C2.CCC(C)(C)C(=O)OC1CCC(=O)C1. The lowest BCUT2D eigenvalue weighted by atomic mass is 9.50. The minimum Gasteiger partial charge on any atom is -0.461 e. The monoisotopic (exact) mass is 1560 g/mol. The highest BCUT2D eigenvalue weighted by molar-refractivity contribution is 7.87. The number of Topliss-reactive ketones (excluding diaryl/α,β-unsaturated/α-hetero) is 1. The van der Waals surface area contributed by atoms with Gasteiger partial charge in [-0.05, 0) is 236 Å². The van der Waals surface area contributed by atoms with Crippen molar-refractivity contribution in [1.29, 1.82) is 5.26 Å². The molecular formula is C85H129NO23S. The zero-order valence-electron chi connectivity index (χ0n) is 68.8. The molecule has 20 unspecified atom stereocenters. The summed E-state index contributed by atoms with van der Waals surface area (Å²) in [5, 5.41) is 40.9. The summed E-state index contributed by atoms with van der Waals surface area (Å²) in [4.78, 5) is 107. The molecule has 618 valence electrons. The summed E-state index contributed by atoms with van der Waals surface area (Å²) in [6.45, 7) is 34.4. The van der Waals surface area contributed by atoms with Crippen LogP contribution >= 0.6 is 0 Å². The molecule has 18 aliphatic rings. The first-order valence-electron chi connectivity index (χ1n) is 41.6. The number of ether oxygens (including phenoxy) is 8. The lowest BCUT2D eigenvalue weighted by Gasteiger charge is -2.62. The van der Waals surface area contributed by atoms with Crippen molar-refractivity contribution >= 4 is 63.7 Å². The smallest absolute Gasteiger partial charge is 0.327 e. The second-order valence-corrected chi connectivity index (χ2v) is 42.6. The van der Waals surface area contributed by atoms with Crippen molar-refractivity contribution in [3.8, 4) is 6.07 Å². The molecule has 3 saturated heterocycles. The fraction of sp³-hybridized carbons (Fsp3) is 0.882. The molecule has 18 rings (SSSR count). The number of fused-ring (bicyclic) bond motifs is 3. The number of nitriles is 1. The molecule has 3 aliphatic heterocycles. The van der Waals surface area contributed by atoms with Gasteiger partial charge in [-0.2, -0.15) is 13.7 Å². The Labute approximate surface area is 651 Å². The number of rotatable bonds is 18. The third-order valence-electron chi connectivity index (χ3n) is 30.0. The third-order valence-corrected chi connectivity index (χ3v) is 31.7. The molecule has 0 amide bonds. The number of nitrogens with zero attached hydrogens (tertiary/aromatic N) is 1. The number of esters is 8. The van der Waals surface area contributed by atoms with Gasteiger partial charge in [-0.1, -0.05) is 41.5 Å². The highest BCUT2D eigenvalue weighted by atomic mass is 32.2. The highest BCUT2D eigenvalue weighted by Crippen LogP contribution is 2.65. The Morgan fingerprint density at radius 2 is 0.900 bits per heavy atom. The van der Waals surface area contributed by atoms with Gasteiger partial charge in [0.25, 0.3) is 10.1 Å². The zero-order chi connectivity index (χ0) is 81.3. The summed E-state index contributed by atoms with van der Waals surface area (Å²) in [6.07, 6.45) is 17.7. The summed E-state index contributed by atoms with van der Waals surface area (Å²) in [6, 6.07) is 2.15. The molecule has 18 fully saturated rings. The summed E-state index contributed by atoms with van der Waals surface area (Å²) in [5.41, 5.74) is -7.07. The molecule has 15 aliphatic carbocycles. The number of ketones is 1. The van der Waals surface area contributed by atoms with Crippen molar-refractivity contribution in [3.05, 3.63) is 0 Å². The van der Waals surface area contributed by atoms with Crippen LogP contribution in [0.5, 0.6) is 0 Å². The van der Waals surface area contributed by atoms with Gasteiger partial charge < -0.3 is 53.2 Å². The number of hydrogen-bond acceptors (Lipinski definition) is 24. The molecule has 0 aromatic carbocycles. The van der Waals surface area contributed by atoms with E-state index in [1.54, 1.807) is 0 Å². The van der Waals surface area contributed by atoms with Gasteiger partial charge in [-0.25, -0.2) is 0 Å². The Bertz CT molecular complexity index is 3700. The van der Waals surface area contributed by atoms with Crippen molar-refractivity contribution in [2.75, 3.05) is 0 Å². The maximum Gasteiger partial charge on any atom is 0.327 e. The van der Waals surface area contributed by atoms with Crippen LogP contribution < -0.4 is 0 Å². The van der Waals surface area contributed by atoms with Gasteiger partial charge in [0.1, 0.15) is 59.7 Å². The van der Waals surface area contributed by atoms with Gasteiger partial charge in [0.2, 0.25) is 0 Å². The summed E-state index contributed by atoms with van der Waals surface area (Å²) in [7, 11) is -3.43. The third kappa shape index (κ3) is 16.5. The molecule has 3 N–H and O–H groups in total. The maximum absolute atomic E-state index is 12.4. The van der Waals surface area contributed by atoms with E-state index in [9.17, 15) is 72.2 Å². The zero-order valence-corrected chi connectivity index (χ0v) is 69.7. The molecule has 15 saturated carbocycles. The van der Waals surface area contributed by atoms with E-state index in [0.29, 0.717) is 94.3 Å². The van der Waals surface area contributed by atoms with Gasteiger partial charge >= 0.3 is 47.8 Å². The first-order valence-corrected chi connectivity index (χ1v) is 43.1. The molecule has 24 nitrogen and oxygen atoms in total. The molecule has 14 bridgehead atoms. The Morgan fingerprint density at radius 3 is 1.36 bits per heavy atom. The van der Waals surface area contributed by atoms with Crippen molar-refractivity contribution < 1.29 is 109 Å². The van der Waals surface area contributed by atoms with Crippen LogP contribution in [0.1, 0.15) is 298 Å². The van der Waals surface area contributed by atoms with Crippen LogP contribution in [-0.2, 0) is 95.3 Å². The second kappa shape index (κ2) is 30.1. The van der Waals surface area contributed by atoms with Crippen LogP contribution in [0.2, 0.25) is 0 Å². The predicted molar refractivity (Wildman–Crippen MR) is 399 cm³/mol. The molecule has 3 heterocycles. The first-order chi connectivity index (χ1) is 50.9. The van der Waals surface area contributed by atoms with Crippen LogP contribution in [0.3, 0.4) is 0 Å². The molecule has 25 heteroatoms. The second-order valence-electron chi connectivity index (χ2n) is 40.8. The van der Waals surface area contributed by atoms with Crippen LogP contribution in [-0.4, -0.2) is 153 Å². The average molecular weight is 1570 g/mol. The molecule has 0 aromatic heterocycles. The number of carbonyl (C=O) groups is 9. The summed E-state index contributed by atoms with van der Waals surface area (Å²) >= 11 is 0. The molecule has 0 radical (unpaired) electrons. The van der Waals surface area contributed by atoms with Crippen LogP contribution in [0.4, 0.5) is 0 Å². The van der Waals surface area contributed by atoms with E-state index in [0.717, 1.165) is 96.3 Å². The van der Waals surface area contributed by atoms with Crippen molar-refractivity contribution in [3.63, 3.8) is 0 Å². The van der Waals surface area contributed by atoms with Gasteiger partial charge in [0.05, 0.1) is 66.5 Å². The fourth-order valence-electron chi connectivity index (χ4n) is 21.6. The van der Waals surface area contributed by atoms with E-state index in [-0.39, 0.29) is 124 Å². The van der Waals surface area contributed by atoms with E-state index in [4.69, 9.17) is 42.1 Å². The fourth-order valence-corrected chi connectivity index (χ4v) is 23.5. The van der Waals surface area contributed by atoms with Gasteiger partial charge in [-0.15, -0.1) is 0 Å². The van der Waals surface area contributed by atoms with Gasteiger partial charge in [0, 0.05) is 74.0 Å². The van der Waals surface area contributed by atoms with Crippen molar-refractivity contribution in [2.24, 2.45) is 97.1 Å². The molecule has 20 atom stereocenters. The Balaban J connectivity index is 0.000000131. The van der Waals surface area contributed by atoms with E-state index in [2.05, 4.69) is 6.07 Å². The van der Waals surface area contributed by atoms with E-state index in [1.807, 2.05) is 125 Å². The lowest BCUT2D eigenvalue weighted by molar-refractivity contribution is -0.264. The lowest BCUT2D eigenvalue weighted by Crippen LogP contribution is -2.67. The standard InChI is InChI=1S/C16H26O4.C16H26O3.C15H19NO4.C14H20O4.C13H20O5S.C11H18O3/c1-4-13(2,3)12(17)20-16-7-11-5-14(18,9-16)8-15(19,6-11)10-16;1-4-14(2,3)13(17)19-16-8-11-5-12(9-16)7-15(18,6-11)10-16;1-4-14(2,3)12(17)19-10-8-5-9-11(10)20-13(18)15(9,6-8)7-16;1-4-14(2,3)13(16)18-10-7-5-8-9(6-7)12(15)17-11(8)10;1-4-13(2,3)12(14)17-10-7-5-8-9(6-7)19(15,16)18-11(8)10;1-4-11(2,3)10(13)14-9-6-5-8(12)7-9/h11,18-19H,4-10H2,1-3H3;11-12,18H,4-10H2,1-3H3;8-11H,4-6H2,1-3H3;7-11H,4-6H2,1-3H3;7-11H,4-6H2,1-3H3;9H,4-7H2,1-3H3. The number of carbonyl (C=O) groups excluding carboxylic acids is 9. The summed E-state index contributed by atoms with van der Waals surface area (Å²) in [5.74, 6) is 0.811. The highest BCUT2D eigenvalue weighted by Gasteiger charge is 2.73. The quantitative estimate of drug-likeness (QED) is 0.0652. The van der Waals surface area contributed by atoms with Gasteiger partial charge in [-0.3, -0.25) is 47.3 Å². The van der Waals surface area contributed by atoms with Crippen molar-refractivity contribution in [1.82, 2.24) is 0 Å². The first kappa shape index (κ1) is 85.6. The Morgan fingerprint density at radius 1 is 0.473 bits per heavy atom. The molecule has 0 aromatic rings. The molecule has 0 spiro atoms. The molecular weight excluding hydrogens is 1430 g/mol. The largest absolute Gasteiger partial charge is 0.461 e. The summed E-state index contributed by atoms with van der Waals surface area (Å²) < 4.78 is 73.6. The topological polar surface area (TPSA) is 355 Å². The average Bonchev–Trinajstić information content (AvgIpc) is 1.27. The molecule has 110 heavy (non-hydrogen) atoms. The van der Waals surface area contributed by atoms with Gasteiger partial charge in [0.15, 0.2) is 5.41 Å². The van der Waals surface area contributed by atoms with Crippen LogP contribution in [0.15, 0.2) is 0 Å². The normalized spacial score (nSPS) is 40.6. The van der Waals surface area contributed by atoms with E-state index in [1.165, 1.54) is 6.42 Å². The Kier molecular flexibility index (Phi) is 23.4. The van der Waals surface area contributed by atoms with E-state index >= 15 is 0 Å². The van der Waals surface area contributed by atoms with E-state index < -0.39 is 88.6 Å². The Hall–Kier alpha value is -5.29.